The van der Waals surface area contributed by atoms with Gasteiger partial charge in [0.05, 0.1) is 11.5 Å². The van der Waals surface area contributed by atoms with Gasteiger partial charge in [-0.1, -0.05) is 0 Å². The number of nitrogens with zero attached hydrogens (tertiary/aromatic N) is 1. The number of aliphatic hydroxyl groups excluding tert-OH is 1. The standard InChI is InChI=1S/C8H12ClNO4/c1-4(11)7(8(13)14)10-3-5(9)2-6(10)12/h4-5,7,11H,2-3H2,1H3,(H,13,14). The molecule has 2 N–H and O–H groups in total. The van der Waals surface area contributed by atoms with E-state index in [4.69, 9.17) is 16.7 Å². The minimum absolute atomic E-state index is 0.137. The largest absolute Gasteiger partial charge is 0.480 e. The molecule has 1 heterocycles. The van der Waals surface area contributed by atoms with E-state index in [0.29, 0.717) is 0 Å². The molecule has 1 aliphatic heterocycles. The number of carbonyl (C=O) groups is 2. The van der Waals surface area contributed by atoms with Gasteiger partial charge in [0.25, 0.3) is 0 Å². The number of aliphatic carboxylic acids is 1. The number of amides is 1. The van der Waals surface area contributed by atoms with Gasteiger partial charge in [0.1, 0.15) is 0 Å². The van der Waals surface area contributed by atoms with Crippen molar-refractivity contribution in [2.75, 3.05) is 6.54 Å². The second-order valence-corrected chi connectivity index (χ2v) is 3.99. The summed E-state index contributed by atoms with van der Waals surface area (Å²) in [4.78, 5) is 23.2. The smallest absolute Gasteiger partial charge is 0.329 e. The van der Waals surface area contributed by atoms with Gasteiger partial charge in [-0.3, -0.25) is 4.79 Å². The summed E-state index contributed by atoms with van der Waals surface area (Å²) >= 11 is 5.72. The van der Waals surface area contributed by atoms with Crippen molar-refractivity contribution in [3.63, 3.8) is 0 Å². The maximum atomic E-state index is 11.3. The Hall–Kier alpha value is -0.810. The zero-order chi connectivity index (χ0) is 10.9. The van der Waals surface area contributed by atoms with Crippen LogP contribution in [0.25, 0.3) is 0 Å². The molecule has 0 saturated carbocycles. The quantitative estimate of drug-likeness (QED) is 0.640. The summed E-state index contributed by atoms with van der Waals surface area (Å²) < 4.78 is 0. The predicted octanol–water partition coefficient (Wildman–Crippen LogP) is -0.340. The van der Waals surface area contributed by atoms with Crippen molar-refractivity contribution < 1.29 is 19.8 Å². The maximum Gasteiger partial charge on any atom is 0.329 e. The van der Waals surface area contributed by atoms with Gasteiger partial charge in [-0.15, -0.1) is 11.6 Å². The van der Waals surface area contributed by atoms with E-state index in [1.54, 1.807) is 0 Å². The minimum Gasteiger partial charge on any atom is -0.480 e. The average molecular weight is 222 g/mol. The molecule has 5 nitrogen and oxygen atoms in total. The lowest BCUT2D eigenvalue weighted by Gasteiger charge is -2.26. The number of hydrogen-bond donors (Lipinski definition) is 2. The zero-order valence-electron chi connectivity index (χ0n) is 7.68. The van der Waals surface area contributed by atoms with Gasteiger partial charge >= 0.3 is 5.97 Å². The normalized spacial score (nSPS) is 26.4. The first-order valence-electron chi connectivity index (χ1n) is 4.28. The van der Waals surface area contributed by atoms with E-state index in [-0.39, 0.29) is 24.2 Å². The van der Waals surface area contributed by atoms with Crippen LogP contribution >= 0.6 is 11.6 Å². The van der Waals surface area contributed by atoms with Crippen LogP contribution in [0.2, 0.25) is 0 Å². The van der Waals surface area contributed by atoms with Crippen molar-refractivity contribution in [1.82, 2.24) is 4.90 Å². The molecular formula is C8H12ClNO4. The molecule has 0 bridgehead atoms. The highest BCUT2D eigenvalue weighted by Crippen LogP contribution is 2.20. The van der Waals surface area contributed by atoms with E-state index >= 15 is 0 Å². The van der Waals surface area contributed by atoms with Gasteiger partial charge in [-0.25, -0.2) is 4.79 Å². The van der Waals surface area contributed by atoms with E-state index in [0.717, 1.165) is 4.90 Å². The first-order valence-corrected chi connectivity index (χ1v) is 4.71. The molecule has 1 fully saturated rings. The number of rotatable bonds is 3. The topological polar surface area (TPSA) is 77.8 Å². The Bertz CT molecular complexity index is 256. The molecule has 0 aliphatic carbocycles. The SMILES string of the molecule is CC(O)C(C(=O)O)N1CC(Cl)CC1=O. The van der Waals surface area contributed by atoms with Gasteiger partial charge in [-0.05, 0) is 6.92 Å². The summed E-state index contributed by atoms with van der Waals surface area (Å²) in [6.45, 7) is 1.52. The van der Waals surface area contributed by atoms with Crippen LogP contribution in [-0.4, -0.2) is 51.1 Å². The number of aliphatic hydroxyl groups is 1. The van der Waals surface area contributed by atoms with Crippen molar-refractivity contribution in [3.8, 4) is 0 Å². The van der Waals surface area contributed by atoms with Crippen molar-refractivity contribution >= 4 is 23.5 Å². The molecule has 3 atom stereocenters. The molecule has 0 aromatic rings. The van der Waals surface area contributed by atoms with Crippen LogP contribution in [0.1, 0.15) is 13.3 Å². The molecular weight excluding hydrogens is 210 g/mol. The van der Waals surface area contributed by atoms with E-state index < -0.39 is 18.1 Å². The van der Waals surface area contributed by atoms with Crippen LogP contribution in [0.4, 0.5) is 0 Å². The Kier molecular flexibility index (Phi) is 3.34. The van der Waals surface area contributed by atoms with Crippen LogP contribution in [0.15, 0.2) is 0 Å². The van der Waals surface area contributed by atoms with Crippen molar-refractivity contribution in [2.45, 2.75) is 30.9 Å². The Morgan fingerprint density at radius 1 is 1.71 bits per heavy atom. The Morgan fingerprint density at radius 3 is 2.57 bits per heavy atom. The molecule has 0 radical (unpaired) electrons. The third kappa shape index (κ3) is 2.16. The number of hydrogen-bond acceptors (Lipinski definition) is 3. The summed E-state index contributed by atoms with van der Waals surface area (Å²) in [7, 11) is 0. The Balaban J connectivity index is 2.79. The molecule has 1 aliphatic rings. The Labute approximate surface area is 86.3 Å². The first-order chi connectivity index (χ1) is 6.43. The fourth-order valence-corrected chi connectivity index (χ4v) is 1.84. The summed E-state index contributed by atoms with van der Waals surface area (Å²) in [5.74, 6) is -1.53. The average Bonchev–Trinajstić information content (AvgIpc) is 2.29. The van der Waals surface area contributed by atoms with Crippen molar-refractivity contribution in [2.24, 2.45) is 0 Å². The first kappa shape index (κ1) is 11.3. The van der Waals surface area contributed by atoms with E-state index in [1.807, 2.05) is 0 Å². The number of carboxylic acid groups (broad SMARTS) is 1. The fourth-order valence-electron chi connectivity index (χ4n) is 1.56. The van der Waals surface area contributed by atoms with Crippen LogP contribution in [0.5, 0.6) is 0 Å². The van der Waals surface area contributed by atoms with Gasteiger partial charge in [-0.2, -0.15) is 0 Å². The van der Waals surface area contributed by atoms with Crippen LogP contribution in [-0.2, 0) is 9.59 Å². The van der Waals surface area contributed by atoms with E-state index in [1.165, 1.54) is 6.92 Å². The van der Waals surface area contributed by atoms with Crippen LogP contribution in [0, 0.1) is 0 Å². The second-order valence-electron chi connectivity index (χ2n) is 3.37. The van der Waals surface area contributed by atoms with Gasteiger partial charge in [0.2, 0.25) is 5.91 Å². The van der Waals surface area contributed by atoms with Crippen LogP contribution in [0.3, 0.4) is 0 Å². The highest BCUT2D eigenvalue weighted by molar-refractivity contribution is 6.22. The van der Waals surface area contributed by atoms with Crippen LogP contribution < -0.4 is 0 Å². The molecule has 1 rings (SSSR count). The number of halogens is 1. The molecule has 0 aromatic heterocycles. The highest BCUT2D eigenvalue weighted by atomic mass is 35.5. The number of carboxylic acids is 1. The third-order valence-corrected chi connectivity index (χ3v) is 2.45. The molecule has 6 heteroatoms. The minimum atomic E-state index is -1.21. The second kappa shape index (κ2) is 4.14. The molecule has 0 aromatic carbocycles. The lowest BCUT2D eigenvalue weighted by Crippen LogP contribution is -2.48. The Morgan fingerprint density at radius 2 is 2.29 bits per heavy atom. The summed E-state index contributed by atoms with van der Waals surface area (Å²) in [6, 6.07) is -1.19. The summed E-state index contributed by atoms with van der Waals surface area (Å²) in [5.41, 5.74) is 0. The maximum absolute atomic E-state index is 11.3. The fraction of sp³-hybridized carbons (Fsp3) is 0.750. The molecule has 80 valence electrons. The van der Waals surface area contributed by atoms with E-state index in [9.17, 15) is 14.7 Å². The summed E-state index contributed by atoms with van der Waals surface area (Å²) in [5, 5.41) is 17.7. The monoisotopic (exact) mass is 221 g/mol. The zero-order valence-corrected chi connectivity index (χ0v) is 8.44. The molecule has 3 unspecified atom stereocenters. The van der Waals surface area contributed by atoms with Gasteiger partial charge in [0, 0.05) is 13.0 Å². The highest BCUT2D eigenvalue weighted by Gasteiger charge is 2.39. The number of alkyl halides is 1. The van der Waals surface area contributed by atoms with E-state index in [2.05, 4.69) is 0 Å². The predicted molar refractivity (Wildman–Crippen MR) is 49.1 cm³/mol. The number of likely N-dealkylation sites (tertiary alicyclic amines) is 1. The van der Waals surface area contributed by atoms with Gasteiger partial charge in [0.15, 0.2) is 6.04 Å². The molecule has 1 amide bonds. The molecule has 1 saturated heterocycles. The van der Waals surface area contributed by atoms with Crippen molar-refractivity contribution in [3.05, 3.63) is 0 Å². The molecule has 0 spiro atoms. The summed E-state index contributed by atoms with van der Waals surface area (Å²) in [6.07, 6.45) is -0.962. The lowest BCUT2D eigenvalue weighted by molar-refractivity contribution is -0.152. The number of carbonyl (C=O) groups excluding carboxylic acids is 1. The van der Waals surface area contributed by atoms with Gasteiger partial charge < -0.3 is 15.1 Å². The van der Waals surface area contributed by atoms with Crippen molar-refractivity contribution in [1.29, 1.82) is 0 Å². The lowest BCUT2D eigenvalue weighted by atomic mass is 10.1. The third-order valence-electron chi connectivity index (χ3n) is 2.16. The molecule has 14 heavy (non-hydrogen) atoms.